The lowest BCUT2D eigenvalue weighted by Gasteiger charge is -1.95. The first-order chi connectivity index (χ1) is 6.60. The van der Waals surface area contributed by atoms with Crippen molar-refractivity contribution in [3.8, 4) is 0 Å². The number of rotatable bonds is 4. The highest BCUT2D eigenvalue weighted by Crippen LogP contribution is 1.86. The Kier molecular flexibility index (Phi) is 5.69. The highest BCUT2D eigenvalue weighted by Gasteiger charge is 2.03. The Morgan fingerprint density at radius 1 is 1.14 bits per heavy atom. The van der Waals surface area contributed by atoms with Gasteiger partial charge in [0, 0.05) is 18.2 Å². The van der Waals surface area contributed by atoms with Gasteiger partial charge in [-0.15, -0.1) is 0 Å². The molecule has 0 aromatic heterocycles. The Hall–Kier alpha value is -1.91. The van der Waals surface area contributed by atoms with Crippen molar-refractivity contribution in [1.82, 2.24) is 0 Å². The van der Waals surface area contributed by atoms with Crippen molar-refractivity contribution in [2.75, 3.05) is 6.61 Å². The number of ether oxygens (including phenoxy) is 2. The number of hydrogen-bond acceptors (Lipinski definition) is 5. The molecular formula is C9H10O5. The molecule has 0 radical (unpaired) electrons. The van der Waals surface area contributed by atoms with Crippen molar-refractivity contribution >= 4 is 17.9 Å². The van der Waals surface area contributed by atoms with E-state index in [1.54, 1.807) is 6.92 Å². The first-order valence-electron chi connectivity index (χ1n) is 3.83. The summed E-state index contributed by atoms with van der Waals surface area (Å²) in [6.07, 6.45) is 2.53. The Morgan fingerprint density at radius 2 is 1.71 bits per heavy atom. The second kappa shape index (κ2) is 6.59. The minimum absolute atomic E-state index is 0.212. The van der Waals surface area contributed by atoms with Gasteiger partial charge in [0.05, 0.1) is 6.61 Å². The number of carbonyl (C=O) groups excluding carboxylic acids is 3. The van der Waals surface area contributed by atoms with Crippen LogP contribution in [0.3, 0.4) is 0 Å². The summed E-state index contributed by atoms with van der Waals surface area (Å²) in [6, 6.07) is 0. The largest absolute Gasteiger partial charge is 0.463 e. The fourth-order valence-electron chi connectivity index (χ4n) is 0.501. The van der Waals surface area contributed by atoms with Crippen LogP contribution in [0.5, 0.6) is 0 Å². The van der Waals surface area contributed by atoms with E-state index in [0.717, 1.165) is 18.2 Å². The van der Waals surface area contributed by atoms with Crippen molar-refractivity contribution in [2.24, 2.45) is 0 Å². The maximum atomic E-state index is 10.7. The zero-order chi connectivity index (χ0) is 11.0. The molecule has 0 rings (SSSR count). The summed E-state index contributed by atoms with van der Waals surface area (Å²) in [6.45, 7) is 4.94. The maximum absolute atomic E-state index is 10.7. The minimum atomic E-state index is -0.942. The van der Waals surface area contributed by atoms with E-state index in [4.69, 9.17) is 0 Å². The van der Waals surface area contributed by atoms with Gasteiger partial charge in [0.2, 0.25) is 0 Å². The maximum Gasteiger partial charge on any atom is 0.338 e. The van der Waals surface area contributed by atoms with E-state index in [1.165, 1.54) is 0 Å². The number of carbonyl (C=O) groups is 3. The van der Waals surface area contributed by atoms with Crippen LogP contribution in [0.4, 0.5) is 0 Å². The van der Waals surface area contributed by atoms with Gasteiger partial charge in [0.1, 0.15) is 0 Å². The SMILES string of the molecule is C=CC(=O)OC(=O)/C=C\C(=O)OCC. The summed E-state index contributed by atoms with van der Waals surface area (Å²) in [5, 5.41) is 0. The Morgan fingerprint density at radius 3 is 2.21 bits per heavy atom. The minimum Gasteiger partial charge on any atom is -0.463 e. The van der Waals surface area contributed by atoms with Crippen LogP contribution in [0.1, 0.15) is 6.92 Å². The first kappa shape index (κ1) is 12.1. The van der Waals surface area contributed by atoms with Crippen LogP contribution in [0.15, 0.2) is 24.8 Å². The Balaban J connectivity index is 3.99. The topological polar surface area (TPSA) is 69.7 Å². The molecule has 0 aliphatic rings. The van der Waals surface area contributed by atoms with Crippen molar-refractivity contribution in [2.45, 2.75) is 6.92 Å². The highest BCUT2D eigenvalue weighted by molar-refractivity contribution is 5.98. The van der Waals surface area contributed by atoms with Crippen molar-refractivity contribution in [3.63, 3.8) is 0 Å². The lowest BCUT2D eigenvalue weighted by molar-refractivity contribution is -0.152. The predicted octanol–water partition coefficient (Wildman–Crippen LogP) is 0.361. The summed E-state index contributed by atoms with van der Waals surface area (Å²) in [7, 11) is 0. The van der Waals surface area contributed by atoms with Gasteiger partial charge < -0.3 is 9.47 Å². The van der Waals surface area contributed by atoms with E-state index in [9.17, 15) is 14.4 Å². The third kappa shape index (κ3) is 5.70. The van der Waals surface area contributed by atoms with Crippen molar-refractivity contribution in [3.05, 3.63) is 24.8 Å². The van der Waals surface area contributed by atoms with Crippen LogP contribution in [-0.4, -0.2) is 24.5 Å². The standard InChI is InChI=1S/C9H10O5/c1-3-7(10)14-9(12)6-5-8(11)13-4-2/h3,5-6H,1,4H2,2H3/b6-5-. The molecule has 0 heterocycles. The number of hydrogen-bond donors (Lipinski definition) is 0. The van der Waals surface area contributed by atoms with Gasteiger partial charge in [-0.25, -0.2) is 14.4 Å². The predicted molar refractivity (Wildman–Crippen MR) is 47.1 cm³/mol. The van der Waals surface area contributed by atoms with Gasteiger partial charge in [-0.3, -0.25) is 0 Å². The monoisotopic (exact) mass is 198 g/mol. The van der Waals surface area contributed by atoms with Gasteiger partial charge in [0.25, 0.3) is 0 Å². The van der Waals surface area contributed by atoms with Gasteiger partial charge in [-0.05, 0) is 6.92 Å². The molecular weight excluding hydrogens is 188 g/mol. The highest BCUT2D eigenvalue weighted by atomic mass is 16.6. The molecule has 0 unspecified atom stereocenters. The summed E-state index contributed by atoms with van der Waals surface area (Å²) < 4.78 is 8.62. The molecule has 76 valence electrons. The van der Waals surface area contributed by atoms with Crippen molar-refractivity contribution < 1.29 is 23.9 Å². The zero-order valence-electron chi connectivity index (χ0n) is 7.69. The molecule has 5 nitrogen and oxygen atoms in total. The summed E-state index contributed by atoms with van der Waals surface area (Å²) in [5.74, 6) is -2.48. The van der Waals surface area contributed by atoms with E-state index >= 15 is 0 Å². The lowest BCUT2D eigenvalue weighted by atomic mass is 10.5. The molecule has 0 saturated carbocycles. The molecule has 0 aromatic carbocycles. The summed E-state index contributed by atoms with van der Waals surface area (Å²) in [4.78, 5) is 31.9. The molecule has 0 aromatic rings. The molecule has 0 aliphatic heterocycles. The second-order valence-corrected chi connectivity index (χ2v) is 2.03. The average Bonchev–Trinajstić information content (AvgIpc) is 2.15. The number of esters is 3. The lowest BCUT2D eigenvalue weighted by Crippen LogP contribution is -2.08. The van der Waals surface area contributed by atoms with Crippen LogP contribution in [0, 0.1) is 0 Å². The van der Waals surface area contributed by atoms with E-state index < -0.39 is 17.9 Å². The van der Waals surface area contributed by atoms with Crippen molar-refractivity contribution in [1.29, 1.82) is 0 Å². The van der Waals surface area contributed by atoms with Gasteiger partial charge in [0.15, 0.2) is 0 Å². The normalized spacial score (nSPS) is 9.50. The third-order valence-electron chi connectivity index (χ3n) is 1.01. The Labute approximate surface area is 81.0 Å². The quantitative estimate of drug-likeness (QED) is 0.370. The molecule has 0 amide bonds. The third-order valence-corrected chi connectivity index (χ3v) is 1.01. The van der Waals surface area contributed by atoms with E-state index in [0.29, 0.717) is 0 Å². The molecule has 0 N–H and O–H groups in total. The van der Waals surface area contributed by atoms with Crippen LogP contribution >= 0.6 is 0 Å². The zero-order valence-corrected chi connectivity index (χ0v) is 7.69. The molecule has 5 heteroatoms. The van der Waals surface area contributed by atoms with Crippen LogP contribution in [0.25, 0.3) is 0 Å². The molecule has 0 saturated heterocycles. The molecule has 0 aliphatic carbocycles. The van der Waals surface area contributed by atoms with E-state index in [2.05, 4.69) is 16.1 Å². The average molecular weight is 198 g/mol. The van der Waals surface area contributed by atoms with Gasteiger partial charge in [-0.1, -0.05) is 6.58 Å². The van der Waals surface area contributed by atoms with E-state index in [-0.39, 0.29) is 6.61 Å². The summed E-state index contributed by atoms with van der Waals surface area (Å²) in [5.41, 5.74) is 0. The molecule has 0 bridgehead atoms. The molecule has 14 heavy (non-hydrogen) atoms. The second-order valence-electron chi connectivity index (χ2n) is 2.03. The molecule has 0 atom stereocenters. The van der Waals surface area contributed by atoms with Crippen LogP contribution < -0.4 is 0 Å². The fraction of sp³-hybridized carbons (Fsp3) is 0.222. The Bertz CT molecular complexity index is 277. The molecule has 0 spiro atoms. The van der Waals surface area contributed by atoms with Crippen LogP contribution in [-0.2, 0) is 23.9 Å². The van der Waals surface area contributed by atoms with Crippen LogP contribution in [0.2, 0.25) is 0 Å². The van der Waals surface area contributed by atoms with Gasteiger partial charge in [-0.2, -0.15) is 0 Å². The smallest absolute Gasteiger partial charge is 0.338 e. The van der Waals surface area contributed by atoms with E-state index in [1.807, 2.05) is 0 Å². The fourth-order valence-corrected chi connectivity index (χ4v) is 0.501. The van der Waals surface area contributed by atoms with Gasteiger partial charge >= 0.3 is 17.9 Å². The summed E-state index contributed by atoms with van der Waals surface area (Å²) >= 11 is 0. The first-order valence-corrected chi connectivity index (χ1v) is 3.83. The molecule has 0 fully saturated rings.